The summed E-state index contributed by atoms with van der Waals surface area (Å²) in [6, 6.07) is 40.9. The molecule has 0 fully saturated rings. The summed E-state index contributed by atoms with van der Waals surface area (Å²) in [6.07, 6.45) is 17.6. The minimum absolute atomic E-state index is 0.0374. The molecule has 3 atom stereocenters. The Balaban J connectivity index is 1.16. The van der Waals surface area contributed by atoms with Crippen LogP contribution in [0, 0.1) is 0 Å². The smallest absolute Gasteiger partial charge is 0.143 e. The van der Waals surface area contributed by atoms with E-state index in [0.717, 1.165) is 29.9 Å². The second-order valence-electron chi connectivity index (χ2n) is 13.5. The fraction of sp³-hybridized carbons (Fsp3) is 0.111. The fourth-order valence-corrected chi connectivity index (χ4v) is 9.23. The molecule has 3 unspecified atom stereocenters. The summed E-state index contributed by atoms with van der Waals surface area (Å²) in [7, 11) is 0. The van der Waals surface area contributed by atoms with Crippen LogP contribution in [0.4, 0.5) is 0 Å². The predicted octanol–water partition coefficient (Wildman–Crippen LogP) is 10.1. The number of rotatable bonds is 2. The molecule has 3 nitrogen and oxygen atoms in total. The number of hydrogen-bond donors (Lipinski definition) is 1. The molecule has 0 saturated carbocycles. The van der Waals surface area contributed by atoms with E-state index < -0.39 is 5.41 Å². The van der Waals surface area contributed by atoms with Gasteiger partial charge in [0.25, 0.3) is 0 Å². The molecule has 3 heterocycles. The number of benzene rings is 5. The molecule has 1 aromatic heterocycles. The van der Waals surface area contributed by atoms with Gasteiger partial charge in [0.1, 0.15) is 17.5 Å². The number of hydrogen-bond acceptors (Lipinski definition) is 3. The van der Waals surface area contributed by atoms with Crippen LogP contribution in [0.2, 0.25) is 0 Å². The minimum atomic E-state index is -0.449. The summed E-state index contributed by atoms with van der Waals surface area (Å²) in [4.78, 5) is 2.43. The van der Waals surface area contributed by atoms with Crippen LogP contribution in [0.5, 0.6) is 0 Å². The Kier molecular flexibility index (Phi) is 5.27. The number of furan rings is 1. The van der Waals surface area contributed by atoms with Gasteiger partial charge in [0.15, 0.2) is 0 Å². The first-order valence-corrected chi connectivity index (χ1v) is 17.1. The van der Waals surface area contributed by atoms with E-state index in [1.54, 1.807) is 0 Å². The van der Waals surface area contributed by atoms with Gasteiger partial charge in [-0.2, -0.15) is 0 Å². The molecule has 6 aromatic rings. The van der Waals surface area contributed by atoms with Gasteiger partial charge in [-0.25, -0.2) is 0 Å². The third-order valence-corrected chi connectivity index (χ3v) is 11.2. The van der Waals surface area contributed by atoms with Gasteiger partial charge in [-0.05, 0) is 74.7 Å². The third kappa shape index (κ3) is 3.33. The number of nitrogens with one attached hydrogen (secondary N) is 1. The monoisotopic (exact) mass is 616 g/mol. The zero-order chi connectivity index (χ0) is 31.4. The normalized spacial score (nSPS) is 22.1. The first-order chi connectivity index (χ1) is 23.8. The molecule has 1 N–H and O–H groups in total. The van der Waals surface area contributed by atoms with Crippen molar-refractivity contribution in [2.24, 2.45) is 0 Å². The van der Waals surface area contributed by atoms with Crippen LogP contribution in [-0.2, 0) is 11.8 Å². The molecule has 1 spiro atoms. The predicted molar refractivity (Wildman–Crippen MR) is 194 cm³/mol. The van der Waals surface area contributed by atoms with E-state index in [-0.39, 0.29) is 12.2 Å². The van der Waals surface area contributed by atoms with Crippen molar-refractivity contribution in [2.75, 3.05) is 0 Å². The first-order valence-electron chi connectivity index (χ1n) is 17.1. The summed E-state index contributed by atoms with van der Waals surface area (Å²) < 4.78 is 6.81. The van der Waals surface area contributed by atoms with Crippen molar-refractivity contribution < 1.29 is 4.42 Å². The molecule has 0 amide bonds. The highest BCUT2D eigenvalue weighted by atomic mass is 16.3. The molecule has 2 aliphatic heterocycles. The summed E-state index contributed by atoms with van der Waals surface area (Å²) in [6.45, 7) is 0. The lowest BCUT2D eigenvalue weighted by Gasteiger charge is -2.42. The van der Waals surface area contributed by atoms with Crippen LogP contribution in [0.25, 0.3) is 45.0 Å². The molecule has 5 aliphatic rings. The van der Waals surface area contributed by atoms with Crippen molar-refractivity contribution in [3.8, 4) is 22.3 Å². The molecule has 0 radical (unpaired) electrons. The standard InChI is InChI=1S/C45H32N2O/c1-2-12-28(13-3-1)40-27-30-14-10-11-25-47(30)44(46-40)29-21-22-32-31-15-4-7-18-36(31)45(39(32)26-29)37-19-8-5-17-35(37)42-38(45)24-23-34-33-16-6-9-20-41(33)48-43(34)42/h1-8,10-19,21-27,30,44,46H,9,20H2. The van der Waals surface area contributed by atoms with Crippen LogP contribution in [0.3, 0.4) is 0 Å². The molecule has 11 rings (SSSR count). The van der Waals surface area contributed by atoms with Gasteiger partial charge >= 0.3 is 0 Å². The molecule has 228 valence electrons. The average molecular weight is 617 g/mol. The van der Waals surface area contributed by atoms with E-state index in [0.29, 0.717) is 0 Å². The number of fused-ring (bicyclic) bond motifs is 15. The second kappa shape index (κ2) is 9.62. The Morgan fingerprint density at radius 3 is 2.42 bits per heavy atom. The molecular weight excluding hydrogens is 585 g/mol. The maximum atomic E-state index is 6.81. The van der Waals surface area contributed by atoms with Crippen LogP contribution in [0.1, 0.15) is 57.3 Å². The summed E-state index contributed by atoms with van der Waals surface area (Å²) in [5.41, 5.74) is 15.9. The van der Waals surface area contributed by atoms with Crippen molar-refractivity contribution in [1.29, 1.82) is 0 Å². The summed E-state index contributed by atoms with van der Waals surface area (Å²) in [5.74, 6) is 1.11. The molecule has 3 heteroatoms. The van der Waals surface area contributed by atoms with Gasteiger partial charge in [-0.15, -0.1) is 0 Å². The van der Waals surface area contributed by atoms with Crippen molar-refractivity contribution >= 4 is 22.7 Å². The summed E-state index contributed by atoms with van der Waals surface area (Å²) in [5, 5.41) is 5.16. The highest BCUT2D eigenvalue weighted by molar-refractivity contribution is 6.06. The van der Waals surface area contributed by atoms with Gasteiger partial charge in [0, 0.05) is 34.8 Å². The molecular formula is C45H32N2O. The van der Waals surface area contributed by atoms with Crippen LogP contribution in [0.15, 0.2) is 150 Å². The lowest BCUT2D eigenvalue weighted by atomic mass is 9.70. The zero-order valence-electron chi connectivity index (χ0n) is 26.4. The zero-order valence-corrected chi connectivity index (χ0v) is 26.4. The lowest BCUT2D eigenvalue weighted by Crippen LogP contribution is -2.44. The number of nitrogens with zero attached hydrogens (tertiary/aromatic N) is 1. The van der Waals surface area contributed by atoms with Crippen LogP contribution < -0.4 is 5.32 Å². The van der Waals surface area contributed by atoms with E-state index in [1.807, 2.05) is 0 Å². The third-order valence-electron chi connectivity index (χ3n) is 11.2. The molecule has 5 aromatic carbocycles. The van der Waals surface area contributed by atoms with E-state index in [9.17, 15) is 0 Å². The molecule has 3 aliphatic carbocycles. The summed E-state index contributed by atoms with van der Waals surface area (Å²) >= 11 is 0. The van der Waals surface area contributed by atoms with Crippen molar-refractivity contribution in [2.45, 2.75) is 30.5 Å². The average Bonchev–Trinajstić information content (AvgIpc) is 3.78. The van der Waals surface area contributed by atoms with Crippen molar-refractivity contribution in [3.05, 3.63) is 190 Å². The highest BCUT2D eigenvalue weighted by Crippen LogP contribution is 2.64. The topological polar surface area (TPSA) is 28.4 Å². The van der Waals surface area contributed by atoms with Crippen molar-refractivity contribution in [1.82, 2.24) is 10.2 Å². The Hall–Kier alpha value is -5.80. The SMILES string of the molecule is C1=CC2C=C(c3ccccc3)NC(c3ccc4c(c3)C3(c5ccccc5-4)c4ccccc4-c4c3ccc3c5c(oc43)CCC=C5)N2C=C1. The van der Waals surface area contributed by atoms with E-state index in [4.69, 9.17) is 4.42 Å². The molecule has 0 saturated heterocycles. The van der Waals surface area contributed by atoms with E-state index in [2.05, 4.69) is 162 Å². The second-order valence-corrected chi connectivity index (χ2v) is 13.5. The van der Waals surface area contributed by atoms with Crippen LogP contribution >= 0.6 is 0 Å². The fourth-order valence-electron chi connectivity index (χ4n) is 9.23. The van der Waals surface area contributed by atoms with Gasteiger partial charge in [-0.1, -0.05) is 127 Å². The lowest BCUT2D eigenvalue weighted by molar-refractivity contribution is 0.231. The molecule has 48 heavy (non-hydrogen) atoms. The number of aryl methyl sites for hydroxylation is 1. The van der Waals surface area contributed by atoms with Gasteiger partial charge in [0.05, 0.1) is 11.5 Å². The van der Waals surface area contributed by atoms with E-state index in [1.165, 1.54) is 66.6 Å². The Labute approximate surface area is 279 Å². The number of allylic oxidation sites excluding steroid dienone is 3. The minimum Gasteiger partial charge on any atom is -0.460 e. The quantitative estimate of drug-likeness (QED) is 0.210. The van der Waals surface area contributed by atoms with Gasteiger partial charge < -0.3 is 14.6 Å². The Bertz CT molecular complexity index is 2460. The molecule has 0 bridgehead atoms. The van der Waals surface area contributed by atoms with Gasteiger partial charge in [0.2, 0.25) is 0 Å². The first kappa shape index (κ1) is 26.3. The maximum Gasteiger partial charge on any atom is 0.143 e. The van der Waals surface area contributed by atoms with Crippen molar-refractivity contribution in [3.63, 3.8) is 0 Å². The maximum absolute atomic E-state index is 6.81. The Morgan fingerprint density at radius 2 is 1.52 bits per heavy atom. The van der Waals surface area contributed by atoms with E-state index >= 15 is 0 Å². The van der Waals surface area contributed by atoms with Crippen LogP contribution in [-0.4, -0.2) is 10.9 Å². The van der Waals surface area contributed by atoms with Gasteiger partial charge in [-0.3, -0.25) is 0 Å². The largest absolute Gasteiger partial charge is 0.460 e. The Morgan fingerprint density at radius 1 is 0.729 bits per heavy atom. The highest BCUT2D eigenvalue weighted by Gasteiger charge is 2.53.